The number of thioether (sulfide) groups is 3. The summed E-state index contributed by atoms with van der Waals surface area (Å²) in [7, 11) is -3.15. The highest BCUT2D eigenvalue weighted by Crippen LogP contribution is 2.47. The number of carbonyl (C=O) groups excluding carboxylic acids is 2. The standard InChI is InChI=1S/C15H21N7O8S4/c1-7(16)31-5-9(23)17-15(30-2)12(26)22-10(11(24)25)8(3-32-13(15)22)4-33-14-18-19-20-21(14)6-34(27,28)29/h7,13H,3-6,16H2,1-2H3,(H,17,23)(H,24,25)(H,27,28,29)/t7?,13-,15+/m1/s1. The molecule has 0 saturated carbocycles. The topological polar surface area (TPSA) is 220 Å². The van der Waals surface area contributed by atoms with E-state index in [1.165, 1.54) is 30.6 Å². The minimum atomic E-state index is -4.40. The Balaban J connectivity index is 1.78. The quantitative estimate of drug-likeness (QED) is 0.104. The first kappa shape index (κ1) is 26.7. The molecule has 0 aliphatic carbocycles. The van der Waals surface area contributed by atoms with Gasteiger partial charge in [-0.1, -0.05) is 11.8 Å². The third-order valence-corrected chi connectivity index (χ3v) is 8.54. The lowest BCUT2D eigenvalue weighted by molar-refractivity contribution is -0.192. The van der Waals surface area contributed by atoms with Gasteiger partial charge >= 0.3 is 5.97 Å². The third kappa shape index (κ3) is 5.50. The number of hydrogen-bond donors (Lipinski definition) is 4. The van der Waals surface area contributed by atoms with Crippen LogP contribution in [0.1, 0.15) is 6.92 Å². The number of fused-ring (bicyclic) bond motifs is 1. The number of carbonyl (C=O) groups is 3. The van der Waals surface area contributed by atoms with Crippen molar-refractivity contribution in [3.05, 3.63) is 11.3 Å². The molecular formula is C15H21N7O8S4. The SMILES string of the molecule is CO[C@@]1(NC(=O)CSC(C)N)C(=O)N2C(C(=O)O)=C(CSc3nnnn3CS(=O)(=O)O)CS[C@@H]21. The number of carboxylic acid groups (broad SMARTS) is 1. The van der Waals surface area contributed by atoms with Gasteiger partial charge in [-0.2, -0.15) is 8.42 Å². The number of aliphatic carboxylic acids is 1. The van der Waals surface area contributed by atoms with E-state index in [0.29, 0.717) is 5.57 Å². The van der Waals surface area contributed by atoms with Gasteiger partial charge < -0.3 is 20.9 Å². The lowest BCUT2D eigenvalue weighted by Crippen LogP contribution is -2.80. The zero-order valence-corrected chi connectivity index (χ0v) is 21.0. The molecule has 1 aromatic rings. The number of tetrazole rings is 1. The second kappa shape index (κ2) is 10.4. The van der Waals surface area contributed by atoms with Gasteiger partial charge in [0.05, 0.1) is 5.75 Å². The number of rotatable bonds is 11. The van der Waals surface area contributed by atoms with Crippen LogP contribution in [0.5, 0.6) is 0 Å². The molecule has 3 atom stereocenters. The lowest BCUT2D eigenvalue weighted by Gasteiger charge is -2.55. The van der Waals surface area contributed by atoms with Crippen molar-refractivity contribution in [2.24, 2.45) is 5.73 Å². The maximum atomic E-state index is 13.0. The smallest absolute Gasteiger partial charge is 0.352 e. The highest BCUT2D eigenvalue weighted by Gasteiger charge is 2.66. The molecule has 15 nitrogen and oxygen atoms in total. The fourth-order valence-corrected chi connectivity index (χ4v) is 6.70. The molecule has 1 fully saturated rings. The van der Waals surface area contributed by atoms with E-state index >= 15 is 0 Å². The van der Waals surface area contributed by atoms with Gasteiger partial charge in [-0.05, 0) is 22.9 Å². The molecule has 2 aliphatic rings. The number of carboxylic acids is 1. The normalized spacial score (nSPS) is 23.4. The molecule has 0 spiro atoms. The molecule has 2 aliphatic heterocycles. The molecule has 2 amide bonds. The Morgan fingerprint density at radius 2 is 2.18 bits per heavy atom. The fraction of sp³-hybridized carbons (Fsp3) is 0.600. The average Bonchev–Trinajstić information content (AvgIpc) is 3.18. The number of amides is 2. The molecule has 3 heterocycles. The predicted molar refractivity (Wildman–Crippen MR) is 122 cm³/mol. The highest BCUT2D eigenvalue weighted by atomic mass is 32.2. The molecule has 0 aromatic carbocycles. The third-order valence-electron chi connectivity index (χ3n) is 4.60. The van der Waals surface area contributed by atoms with E-state index in [0.717, 1.165) is 21.3 Å². The average molecular weight is 556 g/mol. The summed E-state index contributed by atoms with van der Waals surface area (Å²) < 4.78 is 37.4. The molecule has 3 rings (SSSR count). The van der Waals surface area contributed by atoms with E-state index < -0.39 is 44.9 Å². The van der Waals surface area contributed by atoms with Gasteiger partial charge in [-0.25, -0.2) is 9.48 Å². The maximum Gasteiger partial charge on any atom is 0.352 e. The Bertz CT molecular complexity index is 1120. The second-order valence-electron chi connectivity index (χ2n) is 7.06. The lowest BCUT2D eigenvalue weighted by atomic mass is 9.98. The maximum absolute atomic E-state index is 13.0. The molecule has 34 heavy (non-hydrogen) atoms. The highest BCUT2D eigenvalue weighted by molar-refractivity contribution is 8.01. The van der Waals surface area contributed by atoms with Crippen LogP contribution in [-0.2, 0) is 35.1 Å². The minimum Gasteiger partial charge on any atom is -0.477 e. The van der Waals surface area contributed by atoms with Crippen LogP contribution in [0.25, 0.3) is 0 Å². The number of hydrogen-bond acceptors (Lipinski definition) is 13. The summed E-state index contributed by atoms with van der Waals surface area (Å²) in [5.41, 5.74) is 4.02. The van der Waals surface area contributed by atoms with Gasteiger partial charge in [-0.15, -0.1) is 28.6 Å². The van der Waals surface area contributed by atoms with Crippen LogP contribution in [0.2, 0.25) is 0 Å². The van der Waals surface area contributed by atoms with Crippen molar-refractivity contribution >= 4 is 63.2 Å². The molecule has 188 valence electrons. The monoisotopic (exact) mass is 555 g/mol. The molecule has 0 bridgehead atoms. The van der Waals surface area contributed by atoms with Gasteiger partial charge in [0.15, 0.2) is 5.88 Å². The van der Waals surface area contributed by atoms with Crippen molar-refractivity contribution in [2.45, 2.75) is 34.4 Å². The van der Waals surface area contributed by atoms with Crippen LogP contribution in [0.4, 0.5) is 0 Å². The first-order valence-corrected chi connectivity index (χ1v) is 14.1. The number of nitrogens with zero attached hydrogens (tertiary/aromatic N) is 5. The summed E-state index contributed by atoms with van der Waals surface area (Å²) in [6, 6.07) is 0. The Hall–Kier alpha value is -1.90. The number of nitrogens with one attached hydrogen (secondary N) is 1. The number of aromatic nitrogens is 4. The van der Waals surface area contributed by atoms with Crippen LogP contribution in [0.3, 0.4) is 0 Å². The second-order valence-corrected chi connectivity index (χ2v) is 11.9. The van der Waals surface area contributed by atoms with Crippen LogP contribution < -0.4 is 11.1 Å². The Labute approximate surface area is 206 Å². The van der Waals surface area contributed by atoms with Crippen molar-refractivity contribution in [2.75, 3.05) is 24.4 Å². The van der Waals surface area contributed by atoms with Crippen molar-refractivity contribution in [3.63, 3.8) is 0 Å². The van der Waals surface area contributed by atoms with Crippen molar-refractivity contribution < 1.29 is 37.2 Å². The molecule has 1 aromatic heterocycles. The zero-order valence-electron chi connectivity index (χ0n) is 17.8. The molecule has 19 heteroatoms. The summed E-state index contributed by atoms with van der Waals surface area (Å²) in [6.07, 6.45) is 0. The van der Waals surface area contributed by atoms with Crippen LogP contribution in [0, 0.1) is 0 Å². The summed E-state index contributed by atoms with van der Waals surface area (Å²) in [5, 5.41) is 21.8. The van der Waals surface area contributed by atoms with E-state index in [2.05, 4.69) is 20.8 Å². The van der Waals surface area contributed by atoms with Crippen molar-refractivity contribution in [1.29, 1.82) is 0 Å². The molecule has 1 saturated heterocycles. The summed E-state index contributed by atoms with van der Waals surface area (Å²) in [4.78, 5) is 38.4. The Kier molecular flexibility index (Phi) is 8.15. The Morgan fingerprint density at radius 1 is 1.47 bits per heavy atom. The number of ether oxygens (including phenoxy) is 1. The van der Waals surface area contributed by atoms with E-state index in [1.54, 1.807) is 6.92 Å². The van der Waals surface area contributed by atoms with Crippen LogP contribution in [0.15, 0.2) is 16.4 Å². The summed E-state index contributed by atoms with van der Waals surface area (Å²) in [5.74, 6) is -3.24. The van der Waals surface area contributed by atoms with Gasteiger partial charge in [0, 0.05) is 24.0 Å². The van der Waals surface area contributed by atoms with E-state index in [-0.39, 0.29) is 33.5 Å². The number of methoxy groups -OCH3 is 1. The van der Waals surface area contributed by atoms with Gasteiger partial charge in [0.2, 0.25) is 11.1 Å². The molecule has 1 unspecified atom stereocenters. The van der Waals surface area contributed by atoms with Gasteiger partial charge in [0.25, 0.3) is 21.8 Å². The van der Waals surface area contributed by atoms with Gasteiger partial charge in [-0.3, -0.25) is 19.0 Å². The molecule has 5 N–H and O–H groups in total. The molecule has 0 radical (unpaired) electrons. The van der Waals surface area contributed by atoms with Crippen LogP contribution >= 0.6 is 35.3 Å². The van der Waals surface area contributed by atoms with E-state index in [4.69, 9.17) is 15.0 Å². The summed E-state index contributed by atoms with van der Waals surface area (Å²) in [6.45, 7) is 1.71. The van der Waals surface area contributed by atoms with E-state index in [9.17, 15) is 27.9 Å². The van der Waals surface area contributed by atoms with Crippen molar-refractivity contribution in [1.82, 2.24) is 30.4 Å². The Morgan fingerprint density at radius 3 is 2.76 bits per heavy atom. The van der Waals surface area contributed by atoms with Crippen LogP contribution in [-0.4, -0.2) is 102 Å². The zero-order chi connectivity index (χ0) is 25.3. The largest absolute Gasteiger partial charge is 0.477 e. The van der Waals surface area contributed by atoms with Crippen molar-refractivity contribution in [3.8, 4) is 0 Å². The fourth-order valence-electron chi connectivity index (χ4n) is 3.19. The van der Waals surface area contributed by atoms with Gasteiger partial charge in [0.1, 0.15) is 11.1 Å². The van der Waals surface area contributed by atoms with E-state index in [1.807, 2.05) is 0 Å². The predicted octanol–water partition coefficient (Wildman–Crippen LogP) is -1.64. The number of nitrogens with two attached hydrogens (primary N) is 1. The minimum absolute atomic E-state index is 0.00472. The first-order chi connectivity index (χ1) is 15.9. The molecular weight excluding hydrogens is 534 g/mol. The summed E-state index contributed by atoms with van der Waals surface area (Å²) >= 11 is 3.31. The number of β-lactam (4-membered cyclic amide) rings is 1. The first-order valence-electron chi connectivity index (χ1n) is 9.37.